The van der Waals surface area contributed by atoms with Crippen molar-refractivity contribution < 1.29 is 13.2 Å². The Bertz CT molecular complexity index is 552. The average molecular weight is 298 g/mol. The van der Waals surface area contributed by atoms with Crippen molar-refractivity contribution in [3.63, 3.8) is 0 Å². The van der Waals surface area contributed by atoms with Crippen LogP contribution in [0.4, 0.5) is 0 Å². The van der Waals surface area contributed by atoms with Crippen LogP contribution in [0.2, 0.25) is 0 Å². The summed E-state index contributed by atoms with van der Waals surface area (Å²) in [5.41, 5.74) is 1.03. The van der Waals surface area contributed by atoms with Gasteiger partial charge in [0, 0.05) is 39.0 Å². The van der Waals surface area contributed by atoms with Gasteiger partial charge in [0.05, 0.1) is 7.11 Å². The molecule has 112 valence electrons. The normalized spacial score (nSPS) is 17.1. The number of hydrogen-bond donors (Lipinski definition) is 1. The van der Waals surface area contributed by atoms with Gasteiger partial charge in [0.15, 0.2) is 9.84 Å². The zero-order valence-corrected chi connectivity index (χ0v) is 12.9. The molecular weight excluding hydrogens is 276 g/mol. The summed E-state index contributed by atoms with van der Waals surface area (Å²) in [6.45, 7) is 5.11. The van der Waals surface area contributed by atoms with Gasteiger partial charge in [-0.05, 0) is 24.1 Å². The SMILES string of the molecule is COc1ccc(CCN2CCNCC2)cc1S(C)(=O)=O. The minimum absolute atomic E-state index is 0.276. The number of hydrogen-bond acceptors (Lipinski definition) is 5. The van der Waals surface area contributed by atoms with E-state index in [0.717, 1.165) is 44.7 Å². The van der Waals surface area contributed by atoms with E-state index in [1.54, 1.807) is 12.1 Å². The molecular formula is C14H22N2O3S. The molecule has 1 N–H and O–H groups in total. The Labute approximate surface area is 120 Å². The van der Waals surface area contributed by atoms with Gasteiger partial charge < -0.3 is 15.0 Å². The zero-order valence-electron chi connectivity index (χ0n) is 12.1. The number of piperazine rings is 1. The first kappa shape index (κ1) is 15.3. The van der Waals surface area contributed by atoms with E-state index < -0.39 is 9.84 Å². The van der Waals surface area contributed by atoms with E-state index in [4.69, 9.17) is 4.74 Å². The van der Waals surface area contributed by atoms with Crippen molar-refractivity contribution in [1.82, 2.24) is 10.2 Å². The summed E-state index contributed by atoms with van der Waals surface area (Å²) in [7, 11) is -1.77. The molecule has 0 spiro atoms. The van der Waals surface area contributed by atoms with Gasteiger partial charge in [-0.3, -0.25) is 0 Å². The van der Waals surface area contributed by atoms with Crippen molar-refractivity contribution in [3.8, 4) is 5.75 Å². The second-order valence-electron chi connectivity index (χ2n) is 5.10. The summed E-state index contributed by atoms with van der Waals surface area (Å²) in [6.07, 6.45) is 2.07. The van der Waals surface area contributed by atoms with E-state index in [-0.39, 0.29) is 4.90 Å². The molecule has 1 aromatic carbocycles. The van der Waals surface area contributed by atoms with Gasteiger partial charge in [0.25, 0.3) is 0 Å². The van der Waals surface area contributed by atoms with Gasteiger partial charge in [-0.25, -0.2) is 8.42 Å². The van der Waals surface area contributed by atoms with Crippen LogP contribution in [0.25, 0.3) is 0 Å². The first-order valence-electron chi connectivity index (χ1n) is 6.81. The van der Waals surface area contributed by atoms with Crippen LogP contribution in [-0.4, -0.2) is 59.4 Å². The summed E-state index contributed by atoms with van der Waals surface area (Å²) in [5, 5.41) is 3.32. The van der Waals surface area contributed by atoms with Gasteiger partial charge in [0.1, 0.15) is 10.6 Å². The molecule has 0 radical (unpaired) electrons. The highest BCUT2D eigenvalue weighted by Gasteiger charge is 2.15. The van der Waals surface area contributed by atoms with Crippen LogP contribution in [0.5, 0.6) is 5.75 Å². The van der Waals surface area contributed by atoms with Crippen molar-refractivity contribution in [3.05, 3.63) is 23.8 Å². The lowest BCUT2D eigenvalue weighted by Gasteiger charge is -2.27. The van der Waals surface area contributed by atoms with Crippen LogP contribution < -0.4 is 10.1 Å². The third kappa shape index (κ3) is 3.94. The maximum absolute atomic E-state index is 11.8. The number of benzene rings is 1. The van der Waals surface area contributed by atoms with E-state index in [1.807, 2.05) is 6.07 Å². The molecule has 6 heteroatoms. The number of rotatable bonds is 5. The first-order chi connectivity index (χ1) is 9.50. The fourth-order valence-electron chi connectivity index (χ4n) is 2.39. The molecule has 0 bridgehead atoms. The molecule has 1 aliphatic rings. The van der Waals surface area contributed by atoms with E-state index in [2.05, 4.69) is 10.2 Å². The predicted molar refractivity (Wildman–Crippen MR) is 79.1 cm³/mol. The summed E-state index contributed by atoms with van der Waals surface area (Å²) in [5.74, 6) is 0.415. The molecule has 0 atom stereocenters. The summed E-state index contributed by atoms with van der Waals surface area (Å²) in [6, 6.07) is 5.41. The highest BCUT2D eigenvalue weighted by atomic mass is 32.2. The van der Waals surface area contributed by atoms with Gasteiger partial charge in [-0.1, -0.05) is 6.07 Å². The quantitative estimate of drug-likeness (QED) is 0.860. The maximum Gasteiger partial charge on any atom is 0.179 e. The lowest BCUT2D eigenvalue weighted by Crippen LogP contribution is -2.44. The highest BCUT2D eigenvalue weighted by molar-refractivity contribution is 7.90. The number of nitrogens with zero attached hydrogens (tertiary/aromatic N) is 1. The van der Waals surface area contributed by atoms with Gasteiger partial charge in [-0.15, -0.1) is 0 Å². The Morgan fingerprint density at radius 1 is 1.30 bits per heavy atom. The molecule has 0 amide bonds. The van der Waals surface area contributed by atoms with Crippen molar-refractivity contribution in [1.29, 1.82) is 0 Å². The van der Waals surface area contributed by atoms with Crippen LogP contribution in [-0.2, 0) is 16.3 Å². The van der Waals surface area contributed by atoms with Crippen LogP contribution in [0.1, 0.15) is 5.56 Å². The molecule has 0 unspecified atom stereocenters. The third-order valence-electron chi connectivity index (χ3n) is 3.55. The fourth-order valence-corrected chi connectivity index (χ4v) is 3.27. The molecule has 1 saturated heterocycles. The predicted octanol–water partition coefficient (Wildman–Crippen LogP) is 0.546. The summed E-state index contributed by atoms with van der Waals surface area (Å²) in [4.78, 5) is 2.67. The maximum atomic E-state index is 11.8. The van der Waals surface area contributed by atoms with Gasteiger partial charge in [-0.2, -0.15) is 0 Å². The molecule has 5 nitrogen and oxygen atoms in total. The van der Waals surface area contributed by atoms with E-state index in [1.165, 1.54) is 13.4 Å². The van der Waals surface area contributed by atoms with Crippen molar-refractivity contribution in [2.75, 3.05) is 46.1 Å². The second-order valence-corrected chi connectivity index (χ2v) is 7.08. The lowest BCUT2D eigenvalue weighted by atomic mass is 10.1. The average Bonchev–Trinajstić information content (AvgIpc) is 2.45. The second kappa shape index (κ2) is 6.56. The molecule has 0 aliphatic carbocycles. The molecule has 1 aromatic rings. The Morgan fingerprint density at radius 2 is 2.00 bits per heavy atom. The van der Waals surface area contributed by atoms with Crippen LogP contribution in [0.3, 0.4) is 0 Å². The number of methoxy groups -OCH3 is 1. The molecule has 1 fully saturated rings. The van der Waals surface area contributed by atoms with E-state index >= 15 is 0 Å². The molecule has 0 saturated carbocycles. The fraction of sp³-hybridized carbons (Fsp3) is 0.571. The van der Waals surface area contributed by atoms with Crippen LogP contribution >= 0.6 is 0 Å². The van der Waals surface area contributed by atoms with Gasteiger partial charge >= 0.3 is 0 Å². The molecule has 0 aromatic heterocycles. The van der Waals surface area contributed by atoms with E-state index in [0.29, 0.717) is 5.75 Å². The number of sulfone groups is 1. The van der Waals surface area contributed by atoms with Gasteiger partial charge in [0.2, 0.25) is 0 Å². The number of nitrogens with one attached hydrogen (secondary N) is 1. The Balaban J connectivity index is 2.08. The van der Waals surface area contributed by atoms with E-state index in [9.17, 15) is 8.42 Å². The summed E-state index contributed by atoms with van der Waals surface area (Å²) >= 11 is 0. The Morgan fingerprint density at radius 3 is 2.60 bits per heavy atom. The monoisotopic (exact) mass is 298 g/mol. The largest absolute Gasteiger partial charge is 0.495 e. The molecule has 1 aliphatic heterocycles. The Hall–Kier alpha value is -1.11. The standard InChI is InChI=1S/C14H22N2O3S/c1-19-13-4-3-12(11-14(13)20(2,17)18)5-8-16-9-6-15-7-10-16/h3-4,11,15H,5-10H2,1-2H3. The van der Waals surface area contributed by atoms with Crippen molar-refractivity contribution in [2.45, 2.75) is 11.3 Å². The summed E-state index contributed by atoms with van der Waals surface area (Å²) < 4.78 is 28.7. The number of ether oxygens (including phenoxy) is 1. The minimum atomic E-state index is -3.26. The molecule has 20 heavy (non-hydrogen) atoms. The van der Waals surface area contributed by atoms with Crippen LogP contribution in [0, 0.1) is 0 Å². The third-order valence-corrected chi connectivity index (χ3v) is 4.67. The molecule has 2 rings (SSSR count). The molecule has 1 heterocycles. The topological polar surface area (TPSA) is 58.6 Å². The van der Waals surface area contributed by atoms with Crippen molar-refractivity contribution >= 4 is 9.84 Å². The van der Waals surface area contributed by atoms with Crippen LogP contribution in [0.15, 0.2) is 23.1 Å². The van der Waals surface area contributed by atoms with Crippen molar-refractivity contribution in [2.24, 2.45) is 0 Å². The minimum Gasteiger partial charge on any atom is -0.495 e. The highest BCUT2D eigenvalue weighted by Crippen LogP contribution is 2.25. The first-order valence-corrected chi connectivity index (χ1v) is 8.70. The smallest absolute Gasteiger partial charge is 0.179 e. The zero-order chi connectivity index (χ0) is 14.6. The lowest BCUT2D eigenvalue weighted by molar-refractivity contribution is 0.244. The Kier molecular flexibility index (Phi) is 5.01.